The molecule has 2 heterocycles. The third-order valence-corrected chi connectivity index (χ3v) is 5.14. The van der Waals surface area contributed by atoms with Crippen molar-refractivity contribution in [2.24, 2.45) is 4.99 Å². The molecular weight excluding hydrogens is 258 g/mol. The summed E-state index contributed by atoms with van der Waals surface area (Å²) < 4.78 is 5.31. The van der Waals surface area contributed by atoms with Crippen molar-refractivity contribution in [3.05, 3.63) is 20.9 Å². The van der Waals surface area contributed by atoms with Crippen LogP contribution in [0.15, 0.2) is 4.99 Å². The summed E-state index contributed by atoms with van der Waals surface area (Å²) in [4.78, 5) is 18.5. The van der Waals surface area contributed by atoms with Crippen molar-refractivity contribution >= 4 is 23.1 Å². The zero-order valence-corrected chi connectivity index (χ0v) is 13.5. The van der Waals surface area contributed by atoms with Gasteiger partial charge in [0.05, 0.1) is 18.2 Å². The van der Waals surface area contributed by atoms with Crippen molar-refractivity contribution in [3.63, 3.8) is 0 Å². The van der Waals surface area contributed by atoms with Crippen LogP contribution in [0.3, 0.4) is 0 Å². The highest BCUT2D eigenvalue weighted by molar-refractivity contribution is 7.13. The molecule has 0 saturated carbocycles. The Morgan fingerprint density at radius 2 is 1.42 bits per heavy atom. The van der Waals surface area contributed by atoms with E-state index in [1.165, 1.54) is 4.88 Å². The molecule has 0 aliphatic carbocycles. The minimum absolute atomic E-state index is 0.0256. The largest absolute Gasteiger partial charge is 0.480 e. The van der Waals surface area contributed by atoms with E-state index in [-0.39, 0.29) is 16.7 Å². The van der Waals surface area contributed by atoms with E-state index in [0.717, 1.165) is 16.0 Å². The van der Waals surface area contributed by atoms with Crippen LogP contribution in [0.1, 0.15) is 67.2 Å². The summed E-state index contributed by atoms with van der Waals surface area (Å²) in [6.07, 6.45) is 0. The number of methoxy groups -OCH3 is 1. The fourth-order valence-electron chi connectivity index (χ4n) is 2.25. The summed E-state index contributed by atoms with van der Waals surface area (Å²) in [6.45, 7) is 12.8. The van der Waals surface area contributed by atoms with Crippen molar-refractivity contribution < 1.29 is 9.53 Å². The maximum absolute atomic E-state index is 12.2. The average molecular weight is 279 g/mol. The van der Waals surface area contributed by atoms with Gasteiger partial charge in [-0.1, -0.05) is 41.5 Å². The summed E-state index contributed by atoms with van der Waals surface area (Å²) in [5.74, 6) is 0.306. The molecule has 0 atom stereocenters. The first kappa shape index (κ1) is 14.3. The summed E-state index contributed by atoms with van der Waals surface area (Å²) in [6, 6.07) is 0. The second-order valence-corrected chi connectivity index (χ2v) is 7.96. The normalized spacial score (nSPS) is 15.5. The summed E-state index contributed by atoms with van der Waals surface area (Å²) in [7, 11) is 1.57. The van der Waals surface area contributed by atoms with Crippen LogP contribution in [0.4, 0.5) is 0 Å². The fourth-order valence-corrected chi connectivity index (χ4v) is 3.65. The third-order valence-electron chi connectivity index (χ3n) is 3.09. The van der Waals surface area contributed by atoms with Gasteiger partial charge in [0.1, 0.15) is 0 Å². The number of aliphatic imine (C=N–C) groups is 1. The summed E-state index contributed by atoms with van der Waals surface area (Å²) in [5.41, 5.74) is 1.57. The van der Waals surface area contributed by atoms with Crippen LogP contribution < -0.4 is 0 Å². The highest BCUT2D eigenvalue weighted by Crippen LogP contribution is 2.44. The molecule has 0 bridgehead atoms. The van der Waals surface area contributed by atoms with Crippen LogP contribution in [-0.4, -0.2) is 18.9 Å². The molecule has 0 saturated heterocycles. The van der Waals surface area contributed by atoms with Gasteiger partial charge in [-0.3, -0.25) is 4.79 Å². The van der Waals surface area contributed by atoms with E-state index in [0.29, 0.717) is 5.90 Å². The van der Waals surface area contributed by atoms with Gasteiger partial charge in [-0.05, 0) is 10.8 Å². The van der Waals surface area contributed by atoms with E-state index in [1.54, 1.807) is 18.4 Å². The molecule has 4 heteroatoms. The van der Waals surface area contributed by atoms with Crippen molar-refractivity contribution in [1.29, 1.82) is 0 Å². The zero-order chi connectivity index (χ0) is 14.6. The van der Waals surface area contributed by atoms with Gasteiger partial charge >= 0.3 is 0 Å². The van der Waals surface area contributed by atoms with Gasteiger partial charge in [-0.2, -0.15) is 4.99 Å². The Hall–Kier alpha value is -1.16. The van der Waals surface area contributed by atoms with Crippen LogP contribution in [0.5, 0.6) is 0 Å². The van der Waals surface area contributed by atoms with Gasteiger partial charge in [-0.25, -0.2) is 0 Å². The smallest absolute Gasteiger partial charge is 0.282 e. The standard InChI is InChI=1S/C15H21NO2S/c1-14(2,3)10-8-9(11(19-10)15(4,5)6)13(18-7)16-12(8)17/h1-7H3. The maximum Gasteiger partial charge on any atom is 0.282 e. The number of fused-ring (bicyclic) bond motifs is 1. The van der Waals surface area contributed by atoms with E-state index in [4.69, 9.17) is 4.74 Å². The Balaban J connectivity index is 2.78. The zero-order valence-electron chi connectivity index (χ0n) is 12.7. The van der Waals surface area contributed by atoms with Gasteiger partial charge in [0, 0.05) is 9.75 Å². The van der Waals surface area contributed by atoms with Crippen molar-refractivity contribution in [3.8, 4) is 0 Å². The SMILES string of the molecule is COC1=NC(=O)c2c(C(C)(C)C)sc(C(C)(C)C)c21. The van der Waals surface area contributed by atoms with Crippen LogP contribution in [0, 0.1) is 0 Å². The molecule has 0 N–H and O–H groups in total. The lowest BCUT2D eigenvalue weighted by Crippen LogP contribution is -2.14. The summed E-state index contributed by atoms with van der Waals surface area (Å²) in [5, 5.41) is 0. The Kier molecular flexibility index (Phi) is 3.13. The Labute approximate surface area is 118 Å². The van der Waals surface area contributed by atoms with Crippen LogP contribution in [0.2, 0.25) is 0 Å². The Morgan fingerprint density at radius 1 is 0.947 bits per heavy atom. The molecule has 0 aromatic carbocycles. The number of amides is 1. The monoisotopic (exact) mass is 279 g/mol. The van der Waals surface area contributed by atoms with Crippen LogP contribution >= 0.6 is 11.3 Å². The van der Waals surface area contributed by atoms with E-state index >= 15 is 0 Å². The first-order chi connectivity index (χ1) is 8.57. The van der Waals surface area contributed by atoms with Gasteiger partial charge in [0.2, 0.25) is 5.90 Å². The number of carbonyl (C=O) groups excluding carboxylic acids is 1. The molecule has 1 aliphatic rings. The van der Waals surface area contributed by atoms with Crippen LogP contribution in [0.25, 0.3) is 0 Å². The minimum atomic E-state index is -0.163. The highest BCUT2D eigenvalue weighted by Gasteiger charge is 2.39. The molecule has 0 fully saturated rings. The van der Waals surface area contributed by atoms with Gasteiger partial charge in [-0.15, -0.1) is 11.3 Å². The molecular formula is C15H21NO2S. The molecule has 0 unspecified atom stereocenters. The number of hydrogen-bond acceptors (Lipinski definition) is 3. The van der Waals surface area contributed by atoms with Crippen molar-refractivity contribution in [2.75, 3.05) is 7.11 Å². The van der Waals surface area contributed by atoms with Gasteiger partial charge in [0.25, 0.3) is 5.91 Å². The van der Waals surface area contributed by atoms with E-state index in [1.807, 2.05) is 0 Å². The molecule has 1 aromatic heterocycles. The van der Waals surface area contributed by atoms with E-state index < -0.39 is 0 Å². The fraction of sp³-hybridized carbons (Fsp3) is 0.600. The van der Waals surface area contributed by atoms with Crippen LogP contribution in [-0.2, 0) is 15.6 Å². The first-order valence-electron chi connectivity index (χ1n) is 6.42. The molecule has 0 spiro atoms. The number of hydrogen-bond donors (Lipinski definition) is 0. The number of rotatable bonds is 0. The lowest BCUT2D eigenvalue weighted by molar-refractivity contribution is 0.100. The highest BCUT2D eigenvalue weighted by atomic mass is 32.1. The molecule has 19 heavy (non-hydrogen) atoms. The molecule has 2 rings (SSSR count). The summed E-state index contributed by atoms with van der Waals surface area (Å²) >= 11 is 1.72. The van der Waals surface area contributed by atoms with E-state index in [9.17, 15) is 4.79 Å². The first-order valence-corrected chi connectivity index (χ1v) is 7.24. The number of carbonyl (C=O) groups is 1. The Bertz CT molecular complexity index is 568. The van der Waals surface area contributed by atoms with Gasteiger partial charge < -0.3 is 4.74 Å². The topological polar surface area (TPSA) is 38.7 Å². The molecule has 1 amide bonds. The predicted molar refractivity (Wildman–Crippen MR) is 79.6 cm³/mol. The lowest BCUT2D eigenvalue weighted by atomic mass is 9.87. The maximum atomic E-state index is 12.2. The molecule has 1 aromatic rings. The second-order valence-electron chi connectivity index (χ2n) is 6.94. The molecule has 0 radical (unpaired) electrons. The quantitative estimate of drug-likeness (QED) is 0.722. The lowest BCUT2D eigenvalue weighted by Gasteiger charge is -2.19. The van der Waals surface area contributed by atoms with Gasteiger partial charge in [0.15, 0.2) is 0 Å². The second kappa shape index (κ2) is 4.17. The third kappa shape index (κ3) is 2.22. The molecule has 104 valence electrons. The Morgan fingerprint density at radius 3 is 1.84 bits per heavy atom. The molecule has 1 aliphatic heterocycles. The van der Waals surface area contributed by atoms with E-state index in [2.05, 4.69) is 46.5 Å². The number of thiophene rings is 1. The number of nitrogens with zero attached hydrogens (tertiary/aromatic N) is 1. The number of ether oxygens (including phenoxy) is 1. The van der Waals surface area contributed by atoms with Crippen molar-refractivity contribution in [2.45, 2.75) is 52.4 Å². The predicted octanol–water partition coefficient (Wildman–Crippen LogP) is 3.89. The minimum Gasteiger partial charge on any atom is -0.480 e. The molecule has 3 nitrogen and oxygen atoms in total. The van der Waals surface area contributed by atoms with Crippen molar-refractivity contribution in [1.82, 2.24) is 0 Å². The average Bonchev–Trinajstić information content (AvgIpc) is 2.75.